The van der Waals surface area contributed by atoms with Crippen LogP contribution in [0.1, 0.15) is 20.3 Å². The van der Waals surface area contributed by atoms with Crippen LogP contribution < -0.4 is 9.47 Å². The van der Waals surface area contributed by atoms with Gasteiger partial charge in [0.05, 0.1) is 6.61 Å². The van der Waals surface area contributed by atoms with Gasteiger partial charge in [-0.05, 0) is 55.9 Å². The van der Waals surface area contributed by atoms with Crippen molar-refractivity contribution in [2.45, 2.75) is 20.3 Å². The molecule has 0 unspecified atom stereocenters. The molecule has 0 aliphatic rings. The topological polar surface area (TPSA) is 21.7 Å². The van der Waals surface area contributed by atoms with E-state index in [4.69, 9.17) is 21.1 Å². The number of hydrogen-bond donors (Lipinski definition) is 0. The summed E-state index contributed by atoms with van der Waals surface area (Å²) >= 11 is 5.90. The molecule has 0 spiro atoms. The maximum absolute atomic E-state index is 5.90. The van der Waals surface area contributed by atoms with Crippen molar-refractivity contribution in [3.63, 3.8) is 0 Å². The second-order valence-corrected chi connectivity index (χ2v) is 5.67. The van der Waals surface area contributed by atoms with Crippen LogP contribution in [0.4, 0.5) is 0 Å². The molecule has 0 aromatic heterocycles. The molecule has 0 saturated heterocycles. The average Bonchev–Trinajstić information content (AvgIpc) is 2.58. The summed E-state index contributed by atoms with van der Waals surface area (Å²) in [7, 11) is 0. The van der Waals surface area contributed by atoms with E-state index in [9.17, 15) is 0 Å². The molecular formula is C19H25Cl2NO2. The number of ether oxygens (including phenoxy) is 2. The Morgan fingerprint density at radius 3 is 2.17 bits per heavy atom. The maximum Gasteiger partial charge on any atom is 0.169 e. The van der Waals surface area contributed by atoms with Gasteiger partial charge in [-0.1, -0.05) is 37.6 Å². The first-order valence-electron chi connectivity index (χ1n) is 8.10. The highest BCUT2D eigenvalue weighted by atomic mass is 35.5. The summed E-state index contributed by atoms with van der Waals surface area (Å²) in [6, 6.07) is 15.0. The molecule has 0 saturated carbocycles. The van der Waals surface area contributed by atoms with Crippen molar-refractivity contribution < 1.29 is 9.47 Å². The maximum atomic E-state index is 5.90. The Labute approximate surface area is 155 Å². The molecule has 0 bridgehead atoms. The minimum atomic E-state index is 0. The zero-order valence-electron chi connectivity index (χ0n) is 14.2. The molecule has 0 N–H and O–H groups in total. The predicted octanol–water partition coefficient (Wildman–Crippen LogP) is 5.66. The third kappa shape index (κ3) is 6.60. The molecule has 0 radical (unpaired) electrons. The highest BCUT2D eigenvalue weighted by molar-refractivity contribution is 6.30. The first-order chi connectivity index (χ1) is 11.2. The molecule has 0 aliphatic heterocycles. The first kappa shape index (κ1) is 20.6. The molecule has 5 heteroatoms. The minimum Gasteiger partial charge on any atom is -0.490 e. The third-order valence-electron chi connectivity index (χ3n) is 3.66. The van der Waals surface area contributed by atoms with E-state index in [0.717, 1.165) is 43.3 Å². The van der Waals surface area contributed by atoms with Gasteiger partial charge in [0, 0.05) is 11.6 Å². The second-order valence-electron chi connectivity index (χ2n) is 5.23. The standard InChI is InChI=1S/C19H24ClNO2.ClH/c1-3-21(4-2)14-7-15-22-18-8-5-6-9-19(18)23-17-12-10-16(20)11-13-17;/h5-6,8-13H,3-4,7,14-15H2,1-2H3;1H. The Balaban J connectivity index is 0.00000288. The highest BCUT2D eigenvalue weighted by Gasteiger charge is 2.06. The van der Waals surface area contributed by atoms with Crippen molar-refractivity contribution in [1.29, 1.82) is 0 Å². The van der Waals surface area contributed by atoms with Crippen LogP contribution in [0.5, 0.6) is 17.2 Å². The summed E-state index contributed by atoms with van der Waals surface area (Å²) < 4.78 is 11.8. The van der Waals surface area contributed by atoms with Gasteiger partial charge >= 0.3 is 0 Å². The number of benzene rings is 2. The number of halogens is 2. The lowest BCUT2D eigenvalue weighted by Crippen LogP contribution is -2.25. The van der Waals surface area contributed by atoms with E-state index in [1.807, 2.05) is 48.5 Å². The molecule has 24 heavy (non-hydrogen) atoms. The van der Waals surface area contributed by atoms with Crippen LogP contribution in [0.2, 0.25) is 5.02 Å². The fraction of sp³-hybridized carbons (Fsp3) is 0.368. The molecule has 0 heterocycles. The lowest BCUT2D eigenvalue weighted by Gasteiger charge is -2.18. The Morgan fingerprint density at radius 2 is 1.54 bits per heavy atom. The van der Waals surface area contributed by atoms with Gasteiger partial charge in [0.15, 0.2) is 11.5 Å². The molecule has 0 atom stereocenters. The van der Waals surface area contributed by atoms with Gasteiger partial charge in [-0.15, -0.1) is 12.4 Å². The van der Waals surface area contributed by atoms with Crippen molar-refractivity contribution in [3.8, 4) is 17.2 Å². The Bertz CT molecular complexity index is 586. The first-order valence-corrected chi connectivity index (χ1v) is 8.48. The van der Waals surface area contributed by atoms with Gasteiger partial charge in [0.25, 0.3) is 0 Å². The van der Waals surface area contributed by atoms with Crippen LogP contribution >= 0.6 is 24.0 Å². The zero-order chi connectivity index (χ0) is 16.5. The van der Waals surface area contributed by atoms with Gasteiger partial charge in [-0.2, -0.15) is 0 Å². The number of para-hydroxylation sites is 2. The molecular weight excluding hydrogens is 345 g/mol. The van der Waals surface area contributed by atoms with E-state index in [1.54, 1.807) is 0 Å². The second kappa shape index (κ2) is 11.2. The number of nitrogens with zero attached hydrogens (tertiary/aromatic N) is 1. The third-order valence-corrected chi connectivity index (χ3v) is 3.91. The largest absolute Gasteiger partial charge is 0.490 e. The monoisotopic (exact) mass is 369 g/mol. The summed E-state index contributed by atoms with van der Waals surface area (Å²) in [5, 5.41) is 0.693. The van der Waals surface area contributed by atoms with Crippen molar-refractivity contribution in [2.24, 2.45) is 0 Å². The fourth-order valence-electron chi connectivity index (χ4n) is 2.29. The SMILES string of the molecule is CCN(CC)CCCOc1ccccc1Oc1ccc(Cl)cc1.Cl. The smallest absolute Gasteiger partial charge is 0.169 e. The quantitative estimate of drug-likeness (QED) is 0.531. The normalized spacial score (nSPS) is 10.3. The van der Waals surface area contributed by atoms with Crippen LogP contribution in [0.15, 0.2) is 48.5 Å². The van der Waals surface area contributed by atoms with Gasteiger partial charge in [-0.25, -0.2) is 0 Å². The zero-order valence-corrected chi connectivity index (χ0v) is 15.8. The Morgan fingerprint density at radius 1 is 0.917 bits per heavy atom. The molecule has 2 rings (SSSR count). The van der Waals surface area contributed by atoms with E-state index in [-0.39, 0.29) is 12.4 Å². The van der Waals surface area contributed by atoms with E-state index < -0.39 is 0 Å². The van der Waals surface area contributed by atoms with Gasteiger partial charge in [0.2, 0.25) is 0 Å². The van der Waals surface area contributed by atoms with Crippen LogP contribution in [-0.2, 0) is 0 Å². The fourth-order valence-corrected chi connectivity index (χ4v) is 2.42. The summed E-state index contributed by atoms with van der Waals surface area (Å²) in [5.74, 6) is 2.23. The predicted molar refractivity (Wildman–Crippen MR) is 103 cm³/mol. The van der Waals surface area contributed by atoms with E-state index in [0.29, 0.717) is 11.6 Å². The molecule has 132 valence electrons. The molecule has 2 aromatic rings. The molecule has 0 amide bonds. The number of rotatable bonds is 9. The minimum absolute atomic E-state index is 0. The van der Waals surface area contributed by atoms with Crippen molar-refractivity contribution in [3.05, 3.63) is 53.6 Å². The summed E-state index contributed by atoms with van der Waals surface area (Å²) in [5.41, 5.74) is 0. The highest BCUT2D eigenvalue weighted by Crippen LogP contribution is 2.31. The van der Waals surface area contributed by atoms with Crippen molar-refractivity contribution in [1.82, 2.24) is 4.90 Å². The Hall–Kier alpha value is -1.42. The van der Waals surface area contributed by atoms with Crippen molar-refractivity contribution in [2.75, 3.05) is 26.2 Å². The van der Waals surface area contributed by atoms with Crippen LogP contribution in [0.25, 0.3) is 0 Å². The summed E-state index contributed by atoms with van der Waals surface area (Å²) in [6.45, 7) is 8.24. The summed E-state index contributed by atoms with van der Waals surface area (Å²) in [6.07, 6.45) is 0.997. The van der Waals surface area contributed by atoms with Crippen LogP contribution in [0.3, 0.4) is 0 Å². The molecule has 2 aromatic carbocycles. The lowest BCUT2D eigenvalue weighted by molar-refractivity contribution is 0.244. The van der Waals surface area contributed by atoms with E-state index in [1.165, 1.54) is 0 Å². The van der Waals surface area contributed by atoms with Crippen LogP contribution in [-0.4, -0.2) is 31.1 Å². The average molecular weight is 370 g/mol. The van der Waals surface area contributed by atoms with Gasteiger partial charge in [-0.3, -0.25) is 0 Å². The lowest BCUT2D eigenvalue weighted by atomic mass is 10.3. The van der Waals surface area contributed by atoms with Gasteiger partial charge < -0.3 is 14.4 Å². The molecule has 0 fully saturated rings. The Kier molecular flexibility index (Phi) is 9.62. The number of hydrogen-bond acceptors (Lipinski definition) is 3. The molecule has 3 nitrogen and oxygen atoms in total. The molecule has 0 aliphatic carbocycles. The van der Waals surface area contributed by atoms with E-state index >= 15 is 0 Å². The van der Waals surface area contributed by atoms with Gasteiger partial charge in [0.1, 0.15) is 5.75 Å². The van der Waals surface area contributed by atoms with Crippen LogP contribution in [0, 0.1) is 0 Å². The summed E-state index contributed by atoms with van der Waals surface area (Å²) in [4.78, 5) is 2.39. The van der Waals surface area contributed by atoms with Crippen molar-refractivity contribution >= 4 is 24.0 Å². The van der Waals surface area contributed by atoms with E-state index in [2.05, 4.69) is 18.7 Å².